The van der Waals surface area contributed by atoms with Crippen LogP contribution in [0.5, 0.6) is 0 Å². The molecule has 3 unspecified atom stereocenters. The van der Waals surface area contributed by atoms with Crippen molar-refractivity contribution in [3.05, 3.63) is 60.8 Å². The van der Waals surface area contributed by atoms with Gasteiger partial charge in [0.15, 0.2) is 0 Å². The molecule has 398 valence electrons. The number of aliphatic hydroxyl groups excluding tert-OH is 1. The maximum absolute atomic E-state index is 13.0. The maximum atomic E-state index is 13.0. The lowest BCUT2D eigenvalue weighted by molar-refractivity contribution is -0.870. The summed E-state index contributed by atoms with van der Waals surface area (Å²) < 4.78 is 23.3. The third kappa shape index (κ3) is 52.0. The number of aliphatic hydroxyl groups is 1. The lowest BCUT2D eigenvalue weighted by Crippen LogP contribution is -2.45. The average molecular weight is 976 g/mol. The Morgan fingerprint density at radius 3 is 1.29 bits per heavy atom. The number of quaternary nitrogens is 1. The second-order valence-corrected chi connectivity index (χ2v) is 22.0. The SMILES string of the molecule is CCCCCCC/C=C\C/C=C\C/C=C\CCCCCCCCCCCCCCC(=O)NC(COP(=O)([O-])OCC[N+](C)(C)C)C(O)/C=C/CC/C=C/CCCCCCCCCCCCCCC. The molecule has 0 aromatic heterocycles. The Kier molecular flexibility index (Phi) is 48.8. The highest BCUT2D eigenvalue weighted by atomic mass is 31.2. The van der Waals surface area contributed by atoms with Gasteiger partial charge in [-0.25, -0.2) is 0 Å². The van der Waals surface area contributed by atoms with Gasteiger partial charge in [0.1, 0.15) is 13.2 Å². The molecule has 0 aliphatic rings. The Morgan fingerprint density at radius 1 is 0.515 bits per heavy atom. The summed E-state index contributed by atoms with van der Waals surface area (Å²) in [6, 6.07) is -0.907. The standard InChI is InChI=1S/C59H111N2O6P/c1-6-8-10-12-14-16-18-20-22-24-26-27-28-29-30-31-32-33-35-37-39-41-43-45-47-49-51-53-59(63)60-57(56-67-68(64,65)66-55-54-61(3,4)5)58(62)52-50-48-46-44-42-40-38-36-34-25-23-21-19-17-15-13-11-9-7-2/h18,20,24,26,28-29,42,44,50,52,57-58,62H,6-17,19,21-23,25,27,30-41,43,45-49,51,53-56H2,1-5H3,(H-,60,63,64,65)/b20-18-,26-24-,29-28-,44-42+,52-50+. The van der Waals surface area contributed by atoms with Gasteiger partial charge in [0, 0.05) is 6.42 Å². The molecule has 0 heterocycles. The van der Waals surface area contributed by atoms with E-state index >= 15 is 0 Å². The average Bonchev–Trinajstić information content (AvgIpc) is 3.30. The second kappa shape index (κ2) is 50.2. The van der Waals surface area contributed by atoms with E-state index in [-0.39, 0.29) is 12.5 Å². The summed E-state index contributed by atoms with van der Waals surface area (Å²) in [4.78, 5) is 25.5. The third-order valence-electron chi connectivity index (χ3n) is 12.7. The summed E-state index contributed by atoms with van der Waals surface area (Å²) in [5, 5.41) is 13.9. The second-order valence-electron chi connectivity index (χ2n) is 20.6. The van der Waals surface area contributed by atoms with Crippen LogP contribution in [0.4, 0.5) is 0 Å². The smallest absolute Gasteiger partial charge is 0.268 e. The van der Waals surface area contributed by atoms with Crippen LogP contribution in [0.15, 0.2) is 60.8 Å². The Hall–Kier alpha value is -1.80. The van der Waals surface area contributed by atoms with Crippen LogP contribution in [0.1, 0.15) is 258 Å². The van der Waals surface area contributed by atoms with E-state index < -0.39 is 26.6 Å². The van der Waals surface area contributed by atoms with E-state index in [0.29, 0.717) is 17.4 Å². The molecule has 0 bridgehead atoms. The van der Waals surface area contributed by atoms with Crippen molar-refractivity contribution in [1.29, 1.82) is 0 Å². The number of hydrogen-bond donors (Lipinski definition) is 2. The highest BCUT2D eigenvalue weighted by Gasteiger charge is 2.23. The van der Waals surface area contributed by atoms with Gasteiger partial charge in [-0.05, 0) is 70.6 Å². The first-order valence-corrected chi connectivity index (χ1v) is 30.1. The quantitative estimate of drug-likeness (QED) is 0.0272. The molecule has 3 atom stereocenters. The number of amides is 1. The molecule has 0 aromatic rings. The number of nitrogens with one attached hydrogen (secondary N) is 1. The molecule has 0 aliphatic carbocycles. The lowest BCUT2D eigenvalue weighted by Gasteiger charge is -2.29. The lowest BCUT2D eigenvalue weighted by atomic mass is 10.0. The normalized spacial score (nSPS) is 14.4. The van der Waals surface area contributed by atoms with Crippen molar-refractivity contribution in [3.8, 4) is 0 Å². The van der Waals surface area contributed by atoms with Crippen LogP contribution >= 0.6 is 7.82 Å². The number of nitrogens with zero attached hydrogens (tertiary/aromatic N) is 1. The van der Waals surface area contributed by atoms with Gasteiger partial charge < -0.3 is 28.8 Å². The molecule has 0 fully saturated rings. The summed E-state index contributed by atoms with van der Waals surface area (Å²) in [5.41, 5.74) is 0. The molecule has 68 heavy (non-hydrogen) atoms. The maximum Gasteiger partial charge on any atom is 0.268 e. The van der Waals surface area contributed by atoms with Crippen molar-refractivity contribution < 1.29 is 32.9 Å². The predicted octanol–water partition coefficient (Wildman–Crippen LogP) is 16.7. The van der Waals surface area contributed by atoms with E-state index in [9.17, 15) is 19.4 Å². The minimum Gasteiger partial charge on any atom is -0.756 e. The molecule has 0 aliphatic heterocycles. The van der Waals surface area contributed by atoms with Crippen molar-refractivity contribution in [2.75, 3.05) is 40.9 Å². The van der Waals surface area contributed by atoms with E-state index in [4.69, 9.17) is 9.05 Å². The van der Waals surface area contributed by atoms with E-state index in [0.717, 1.165) is 51.4 Å². The van der Waals surface area contributed by atoms with Crippen molar-refractivity contribution >= 4 is 13.7 Å². The fraction of sp³-hybridized carbons (Fsp3) is 0.814. The first-order valence-electron chi connectivity index (χ1n) is 28.7. The number of unbranched alkanes of at least 4 members (excludes halogenated alkanes) is 31. The van der Waals surface area contributed by atoms with Crippen LogP contribution in [-0.2, 0) is 18.4 Å². The number of hydrogen-bond acceptors (Lipinski definition) is 6. The molecule has 0 saturated carbocycles. The number of carbonyl (C=O) groups is 1. The number of phosphoric acid groups is 1. The number of rotatable bonds is 52. The third-order valence-corrected chi connectivity index (χ3v) is 13.7. The summed E-state index contributed by atoms with van der Waals surface area (Å²) in [6.07, 6.45) is 67.2. The van der Waals surface area contributed by atoms with Gasteiger partial charge in [-0.1, -0.05) is 242 Å². The summed E-state index contributed by atoms with van der Waals surface area (Å²) in [7, 11) is 1.24. The summed E-state index contributed by atoms with van der Waals surface area (Å²) in [5.74, 6) is -0.209. The minimum atomic E-state index is -4.61. The van der Waals surface area contributed by atoms with E-state index in [1.807, 2.05) is 27.2 Å². The highest BCUT2D eigenvalue weighted by molar-refractivity contribution is 7.45. The molecule has 0 saturated heterocycles. The fourth-order valence-corrected chi connectivity index (χ4v) is 8.90. The molecular weight excluding hydrogens is 864 g/mol. The Balaban J connectivity index is 4.24. The molecular formula is C59H111N2O6P. The van der Waals surface area contributed by atoms with Crippen LogP contribution < -0.4 is 10.2 Å². The van der Waals surface area contributed by atoms with Crippen LogP contribution in [0.2, 0.25) is 0 Å². The minimum absolute atomic E-state index is 0.00809. The van der Waals surface area contributed by atoms with Crippen LogP contribution in [0.3, 0.4) is 0 Å². The largest absolute Gasteiger partial charge is 0.756 e. The number of allylic oxidation sites excluding steroid dienone is 9. The van der Waals surface area contributed by atoms with Gasteiger partial charge in [0.25, 0.3) is 7.82 Å². The van der Waals surface area contributed by atoms with Crippen molar-refractivity contribution in [2.24, 2.45) is 0 Å². The number of likely N-dealkylation sites (N-methyl/N-ethyl adjacent to an activating group) is 1. The Labute approximate surface area is 422 Å². The molecule has 0 spiro atoms. The van der Waals surface area contributed by atoms with Crippen molar-refractivity contribution in [1.82, 2.24) is 5.32 Å². The fourth-order valence-electron chi connectivity index (χ4n) is 8.18. The van der Waals surface area contributed by atoms with E-state index in [1.165, 1.54) is 186 Å². The van der Waals surface area contributed by atoms with Crippen molar-refractivity contribution in [3.63, 3.8) is 0 Å². The predicted molar refractivity (Wildman–Crippen MR) is 293 cm³/mol. The first-order chi connectivity index (χ1) is 33.0. The van der Waals surface area contributed by atoms with Crippen LogP contribution in [0, 0.1) is 0 Å². The zero-order valence-electron chi connectivity index (χ0n) is 45.3. The molecule has 1 amide bonds. The molecule has 9 heteroatoms. The topological polar surface area (TPSA) is 108 Å². The highest BCUT2D eigenvalue weighted by Crippen LogP contribution is 2.38. The van der Waals surface area contributed by atoms with Crippen LogP contribution in [0.25, 0.3) is 0 Å². The van der Waals surface area contributed by atoms with Gasteiger partial charge in [0.05, 0.1) is 39.9 Å². The molecule has 0 rings (SSSR count). The molecule has 0 radical (unpaired) electrons. The van der Waals surface area contributed by atoms with E-state index in [2.05, 4.69) is 67.8 Å². The summed E-state index contributed by atoms with van der Waals surface area (Å²) in [6.45, 7) is 4.63. The molecule has 0 aromatic carbocycles. The van der Waals surface area contributed by atoms with Crippen LogP contribution in [-0.4, -0.2) is 68.5 Å². The van der Waals surface area contributed by atoms with Gasteiger partial charge in [0.2, 0.25) is 5.91 Å². The monoisotopic (exact) mass is 975 g/mol. The Morgan fingerprint density at radius 2 is 0.868 bits per heavy atom. The zero-order chi connectivity index (χ0) is 49.9. The summed E-state index contributed by atoms with van der Waals surface area (Å²) >= 11 is 0. The number of carbonyl (C=O) groups excluding carboxylic acids is 1. The first kappa shape index (κ1) is 66.2. The zero-order valence-corrected chi connectivity index (χ0v) is 46.2. The van der Waals surface area contributed by atoms with Gasteiger partial charge in [-0.3, -0.25) is 9.36 Å². The number of phosphoric ester groups is 1. The molecule has 8 nitrogen and oxygen atoms in total. The molecule has 2 N–H and O–H groups in total. The van der Waals surface area contributed by atoms with E-state index in [1.54, 1.807) is 6.08 Å². The Bertz CT molecular complexity index is 1290. The van der Waals surface area contributed by atoms with Crippen molar-refractivity contribution in [2.45, 2.75) is 270 Å². The van der Waals surface area contributed by atoms with Gasteiger partial charge in [-0.2, -0.15) is 0 Å². The van der Waals surface area contributed by atoms with Gasteiger partial charge >= 0.3 is 0 Å². The van der Waals surface area contributed by atoms with Gasteiger partial charge in [-0.15, -0.1) is 0 Å².